The Hall–Kier alpha value is -0.565. The van der Waals surface area contributed by atoms with Crippen molar-refractivity contribution in [2.24, 2.45) is 0 Å². The number of alkyl halides is 1. The van der Waals surface area contributed by atoms with Crippen molar-refractivity contribution in [3.8, 4) is 0 Å². The molecule has 1 aliphatic carbocycles. The Morgan fingerprint density at radius 3 is 2.82 bits per heavy atom. The highest BCUT2D eigenvalue weighted by molar-refractivity contribution is 6.68. The topological polar surface area (TPSA) is 17.1 Å². The molecule has 4 heteroatoms. The molecule has 0 heterocycles. The van der Waals surface area contributed by atoms with Gasteiger partial charge in [-0.05, 0) is 23.5 Å². The summed E-state index contributed by atoms with van der Waals surface area (Å²) in [5.41, 5.74) is 0.247. The number of halogens is 2. The molecule has 1 rings (SSSR count). The van der Waals surface area contributed by atoms with Gasteiger partial charge < -0.3 is 0 Å². The Morgan fingerprint density at radius 1 is 1.73 bits per heavy atom. The first-order valence-corrected chi connectivity index (χ1v) is 3.73. The minimum Gasteiger partial charge on any atom is -0.276 e. The first kappa shape index (κ1) is 8.53. The van der Waals surface area contributed by atoms with Gasteiger partial charge in [-0.3, -0.25) is 4.79 Å². The molecule has 0 saturated heterocycles. The Bertz CT molecular complexity index is 237. The molecular formula is C7H7BClFO. The lowest BCUT2D eigenvalue weighted by molar-refractivity contribution is -0.108. The fraction of sp³-hybridized carbons (Fsp3) is 0.286. The normalized spacial score (nSPS) is 29.8. The third-order valence-corrected chi connectivity index (χ3v) is 1.87. The lowest BCUT2D eigenvalue weighted by atomic mass is 9.79. The molecule has 0 aliphatic heterocycles. The lowest BCUT2D eigenvalue weighted by Crippen LogP contribution is -2.11. The third-order valence-electron chi connectivity index (χ3n) is 1.65. The molecule has 1 unspecified atom stereocenters. The van der Waals surface area contributed by atoms with E-state index in [9.17, 15) is 9.18 Å². The van der Waals surface area contributed by atoms with Crippen molar-refractivity contribution in [1.82, 2.24) is 0 Å². The molecule has 11 heavy (non-hydrogen) atoms. The highest BCUT2D eigenvalue weighted by Crippen LogP contribution is 2.22. The molecule has 0 aromatic heterocycles. The molecule has 0 aromatic carbocycles. The van der Waals surface area contributed by atoms with E-state index in [1.165, 1.54) is 6.08 Å². The van der Waals surface area contributed by atoms with Gasteiger partial charge in [0.1, 0.15) is 14.0 Å². The van der Waals surface area contributed by atoms with Gasteiger partial charge in [-0.15, -0.1) is 0 Å². The maximum absolute atomic E-state index is 12.8. The quantitative estimate of drug-likeness (QED) is 0.426. The van der Waals surface area contributed by atoms with Crippen LogP contribution in [0.2, 0.25) is 5.82 Å². The minimum atomic E-state index is -1.09. The van der Waals surface area contributed by atoms with Gasteiger partial charge in [0, 0.05) is 5.57 Å². The molecule has 0 bridgehead atoms. The second-order valence-corrected chi connectivity index (χ2v) is 2.90. The maximum Gasteiger partial charge on any atom is 0.252 e. The van der Waals surface area contributed by atoms with Crippen molar-refractivity contribution in [3.63, 3.8) is 0 Å². The second kappa shape index (κ2) is 3.22. The van der Waals surface area contributed by atoms with Crippen LogP contribution in [0.4, 0.5) is 4.39 Å². The van der Waals surface area contributed by atoms with E-state index in [0.717, 1.165) is 0 Å². The van der Waals surface area contributed by atoms with Crippen LogP contribution in [-0.2, 0) is 4.79 Å². The van der Waals surface area contributed by atoms with Gasteiger partial charge in [0.2, 0.25) is 0 Å². The molecule has 2 atom stereocenters. The van der Waals surface area contributed by atoms with Crippen molar-refractivity contribution in [2.75, 3.05) is 0 Å². The van der Waals surface area contributed by atoms with E-state index in [-0.39, 0.29) is 11.4 Å². The van der Waals surface area contributed by atoms with Crippen LogP contribution in [0.3, 0.4) is 0 Å². The summed E-state index contributed by atoms with van der Waals surface area (Å²) in [5.74, 6) is -0.158. The first-order valence-electron chi connectivity index (χ1n) is 3.35. The fourth-order valence-electron chi connectivity index (χ4n) is 0.872. The van der Waals surface area contributed by atoms with Crippen LogP contribution in [0.5, 0.6) is 0 Å². The second-order valence-electron chi connectivity index (χ2n) is 2.56. The molecular weight excluding hydrogens is 165 g/mol. The first-order chi connectivity index (χ1) is 5.11. The maximum atomic E-state index is 12.8. The summed E-state index contributed by atoms with van der Waals surface area (Å²) >= 11 is 5.14. The highest BCUT2D eigenvalue weighted by atomic mass is 35.5. The number of rotatable bonds is 1. The SMILES string of the molecule is BC1C=CC(C(=O)Cl)=C[C@H]1F. The summed E-state index contributed by atoms with van der Waals surface area (Å²) in [6.45, 7) is 0. The number of carbonyl (C=O) groups is 1. The minimum absolute atomic E-state index is 0.158. The standard InChI is InChI=1S/C7H7BClFO/c8-5-2-1-4(7(9)11)3-6(5)10/h1-3,5-6H,8H2/t5?,6-/m1/s1. The lowest BCUT2D eigenvalue weighted by Gasteiger charge is -2.13. The van der Waals surface area contributed by atoms with E-state index in [0.29, 0.717) is 0 Å². The van der Waals surface area contributed by atoms with Crippen LogP contribution in [0, 0.1) is 0 Å². The van der Waals surface area contributed by atoms with E-state index in [2.05, 4.69) is 0 Å². The predicted molar refractivity (Wildman–Crippen MR) is 45.3 cm³/mol. The zero-order valence-electron chi connectivity index (χ0n) is 6.05. The van der Waals surface area contributed by atoms with Gasteiger partial charge in [0.15, 0.2) is 0 Å². The summed E-state index contributed by atoms with van der Waals surface area (Å²) in [6.07, 6.45) is 3.36. The number of hydrogen-bond acceptors (Lipinski definition) is 1. The van der Waals surface area contributed by atoms with Gasteiger partial charge in [-0.2, -0.15) is 0 Å². The Balaban J connectivity index is 2.80. The molecule has 1 aliphatic rings. The highest BCUT2D eigenvalue weighted by Gasteiger charge is 2.17. The molecule has 0 radical (unpaired) electrons. The van der Waals surface area contributed by atoms with E-state index in [1.807, 2.05) is 0 Å². The summed E-state index contributed by atoms with van der Waals surface area (Å²) in [7, 11) is 1.74. The van der Waals surface area contributed by atoms with Crippen molar-refractivity contribution in [1.29, 1.82) is 0 Å². The van der Waals surface area contributed by atoms with Crippen LogP contribution < -0.4 is 0 Å². The van der Waals surface area contributed by atoms with E-state index in [4.69, 9.17) is 11.6 Å². The molecule has 0 saturated carbocycles. The smallest absolute Gasteiger partial charge is 0.252 e. The van der Waals surface area contributed by atoms with Crippen molar-refractivity contribution >= 4 is 24.7 Å². The summed E-state index contributed by atoms with van der Waals surface area (Å²) in [6, 6.07) is 0. The Kier molecular flexibility index (Phi) is 2.50. The number of hydrogen-bond donors (Lipinski definition) is 0. The Labute approximate surface area is 70.3 Å². The van der Waals surface area contributed by atoms with Crippen LogP contribution in [0.15, 0.2) is 23.8 Å². The molecule has 0 fully saturated rings. The van der Waals surface area contributed by atoms with E-state index in [1.54, 1.807) is 20.0 Å². The summed E-state index contributed by atoms with van der Waals surface area (Å²) < 4.78 is 12.8. The van der Waals surface area contributed by atoms with Crippen LogP contribution in [-0.4, -0.2) is 19.3 Å². The van der Waals surface area contributed by atoms with Gasteiger partial charge in [-0.1, -0.05) is 12.2 Å². The van der Waals surface area contributed by atoms with Gasteiger partial charge >= 0.3 is 0 Å². The summed E-state index contributed by atoms with van der Waals surface area (Å²) in [5, 5.41) is -0.601. The van der Waals surface area contributed by atoms with Gasteiger partial charge in [0.05, 0.1) is 0 Å². The molecule has 0 N–H and O–H groups in total. The average molecular weight is 172 g/mol. The van der Waals surface area contributed by atoms with Crippen molar-refractivity contribution < 1.29 is 9.18 Å². The zero-order chi connectivity index (χ0) is 8.43. The fourth-order valence-corrected chi connectivity index (χ4v) is 0.997. The molecule has 0 spiro atoms. The molecule has 0 amide bonds. The molecule has 0 aromatic rings. The average Bonchev–Trinajstić information content (AvgIpc) is 1.94. The van der Waals surface area contributed by atoms with Crippen LogP contribution >= 0.6 is 11.6 Å². The third kappa shape index (κ3) is 1.93. The van der Waals surface area contributed by atoms with Crippen molar-refractivity contribution in [2.45, 2.75) is 12.0 Å². The number of allylic oxidation sites excluding steroid dienone is 4. The van der Waals surface area contributed by atoms with Crippen LogP contribution in [0.1, 0.15) is 0 Å². The van der Waals surface area contributed by atoms with Gasteiger partial charge in [0.25, 0.3) is 5.24 Å². The predicted octanol–water partition coefficient (Wildman–Crippen LogP) is 1.01. The summed E-state index contributed by atoms with van der Waals surface area (Å²) in [4.78, 5) is 10.5. The van der Waals surface area contributed by atoms with E-state index < -0.39 is 11.4 Å². The Morgan fingerprint density at radius 2 is 2.36 bits per heavy atom. The van der Waals surface area contributed by atoms with Crippen LogP contribution in [0.25, 0.3) is 0 Å². The molecule has 1 nitrogen and oxygen atoms in total. The van der Waals surface area contributed by atoms with Gasteiger partial charge in [-0.25, -0.2) is 4.39 Å². The largest absolute Gasteiger partial charge is 0.276 e. The zero-order valence-corrected chi connectivity index (χ0v) is 6.81. The monoisotopic (exact) mass is 172 g/mol. The van der Waals surface area contributed by atoms with Crippen molar-refractivity contribution in [3.05, 3.63) is 23.8 Å². The number of carbonyl (C=O) groups excluding carboxylic acids is 1. The van der Waals surface area contributed by atoms with E-state index >= 15 is 0 Å². The molecule has 58 valence electrons.